The Balaban J connectivity index is 1.99. The molecule has 0 aromatic carbocycles. The van der Waals surface area contributed by atoms with Crippen molar-refractivity contribution in [2.45, 2.75) is 25.5 Å². The standard InChI is InChI=1S/C11H20N2O3/c1-11(2)7-13(3-4-16-11)10(14)8-5-15-6-9(8)12/h8-9H,3-7,12H2,1-2H3. The van der Waals surface area contributed by atoms with E-state index in [0.717, 1.165) is 0 Å². The maximum Gasteiger partial charge on any atom is 0.229 e. The van der Waals surface area contributed by atoms with Gasteiger partial charge in [-0.05, 0) is 13.8 Å². The molecule has 1 amide bonds. The fourth-order valence-corrected chi connectivity index (χ4v) is 2.26. The van der Waals surface area contributed by atoms with Crippen LogP contribution < -0.4 is 5.73 Å². The summed E-state index contributed by atoms with van der Waals surface area (Å²) in [4.78, 5) is 14.1. The van der Waals surface area contributed by atoms with Gasteiger partial charge in [-0.1, -0.05) is 0 Å². The first-order chi connectivity index (χ1) is 7.49. The van der Waals surface area contributed by atoms with Gasteiger partial charge in [0.25, 0.3) is 0 Å². The molecule has 0 saturated carbocycles. The van der Waals surface area contributed by atoms with Gasteiger partial charge in [-0.15, -0.1) is 0 Å². The van der Waals surface area contributed by atoms with Crippen LogP contribution in [0.5, 0.6) is 0 Å². The molecule has 2 fully saturated rings. The third kappa shape index (κ3) is 2.36. The maximum absolute atomic E-state index is 12.2. The zero-order valence-electron chi connectivity index (χ0n) is 9.94. The van der Waals surface area contributed by atoms with Gasteiger partial charge in [-0.3, -0.25) is 4.79 Å². The Morgan fingerprint density at radius 1 is 1.44 bits per heavy atom. The zero-order chi connectivity index (χ0) is 11.8. The number of hydrogen-bond donors (Lipinski definition) is 1. The smallest absolute Gasteiger partial charge is 0.229 e. The van der Waals surface area contributed by atoms with E-state index in [1.165, 1.54) is 0 Å². The molecule has 2 aliphatic heterocycles. The molecule has 2 rings (SSSR count). The Labute approximate surface area is 95.9 Å². The summed E-state index contributed by atoms with van der Waals surface area (Å²) in [5.74, 6) is -0.0599. The minimum Gasteiger partial charge on any atom is -0.379 e. The van der Waals surface area contributed by atoms with Crippen molar-refractivity contribution in [1.82, 2.24) is 4.90 Å². The lowest BCUT2D eigenvalue weighted by molar-refractivity contribution is -0.150. The number of nitrogens with zero attached hydrogens (tertiary/aromatic N) is 1. The van der Waals surface area contributed by atoms with Crippen LogP contribution in [-0.2, 0) is 14.3 Å². The van der Waals surface area contributed by atoms with E-state index in [0.29, 0.717) is 32.9 Å². The molecule has 0 aliphatic carbocycles. The van der Waals surface area contributed by atoms with Crippen molar-refractivity contribution in [3.63, 3.8) is 0 Å². The van der Waals surface area contributed by atoms with Crippen LogP contribution in [0.4, 0.5) is 0 Å². The summed E-state index contributed by atoms with van der Waals surface area (Å²) in [6.45, 7) is 6.83. The molecule has 0 bridgehead atoms. The molecule has 16 heavy (non-hydrogen) atoms. The largest absolute Gasteiger partial charge is 0.379 e. The number of nitrogens with two attached hydrogens (primary N) is 1. The van der Waals surface area contributed by atoms with E-state index >= 15 is 0 Å². The lowest BCUT2D eigenvalue weighted by Crippen LogP contribution is -2.54. The summed E-state index contributed by atoms with van der Waals surface area (Å²) in [5.41, 5.74) is 5.60. The van der Waals surface area contributed by atoms with Crippen molar-refractivity contribution in [2.24, 2.45) is 11.7 Å². The summed E-state index contributed by atoms with van der Waals surface area (Å²) >= 11 is 0. The van der Waals surface area contributed by atoms with Gasteiger partial charge in [0.05, 0.1) is 31.3 Å². The van der Waals surface area contributed by atoms with Gasteiger partial charge >= 0.3 is 0 Å². The van der Waals surface area contributed by atoms with Gasteiger partial charge in [0, 0.05) is 19.1 Å². The maximum atomic E-state index is 12.2. The molecular weight excluding hydrogens is 208 g/mol. The molecule has 5 heteroatoms. The lowest BCUT2D eigenvalue weighted by Gasteiger charge is -2.39. The second kappa shape index (κ2) is 4.31. The minimum absolute atomic E-state index is 0.112. The molecule has 0 radical (unpaired) electrons. The first-order valence-electron chi connectivity index (χ1n) is 5.76. The van der Waals surface area contributed by atoms with E-state index in [9.17, 15) is 4.79 Å². The molecule has 2 unspecified atom stereocenters. The Bertz CT molecular complexity index is 280. The van der Waals surface area contributed by atoms with Gasteiger partial charge < -0.3 is 20.1 Å². The SMILES string of the molecule is CC1(C)CN(C(=O)C2COCC2N)CCO1. The molecule has 0 aromatic rings. The highest BCUT2D eigenvalue weighted by Crippen LogP contribution is 2.21. The molecule has 2 aliphatic rings. The summed E-state index contributed by atoms with van der Waals surface area (Å²) in [6.07, 6.45) is 0. The second-order valence-electron chi connectivity index (χ2n) is 5.18. The third-order valence-electron chi connectivity index (χ3n) is 3.18. The van der Waals surface area contributed by atoms with E-state index in [1.54, 1.807) is 0 Å². The Morgan fingerprint density at radius 2 is 2.19 bits per heavy atom. The van der Waals surface area contributed by atoms with Crippen molar-refractivity contribution >= 4 is 5.91 Å². The average Bonchev–Trinajstić information content (AvgIpc) is 2.62. The van der Waals surface area contributed by atoms with E-state index < -0.39 is 0 Å². The normalized spacial score (nSPS) is 34.1. The van der Waals surface area contributed by atoms with Crippen LogP contribution in [-0.4, -0.2) is 55.4 Å². The summed E-state index contributed by atoms with van der Waals surface area (Å²) in [5, 5.41) is 0. The fraction of sp³-hybridized carbons (Fsp3) is 0.909. The van der Waals surface area contributed by atoms with Crippen molar-refractivity contribution < 1.29 is 14.3 Å². The fourth-order valence-electron chi connectivity index (χ4n) is 2.26. The first kappa shape index (κ1) is 11.8. The third-order valence-corrected chi connectivity index (χ3v) is 3.18. The zero-order valence-corrected chi connectivity index (χ0v) is 9.94. The number of amides is 1. The average molecular weight is 228 g/mol. The number of hydrogen-bond acceptors (Lipinski definition) is 4. The second-order valence-corrected chi connectivity index (χ2v) is 5.18. The van der Waals surface area contributed by atoms with Crippen LogP contribution in [0.15, 0.2) is 0 Å². The molecule has 2 atom stereocenters. The van der Waals surface area contributed by atoms with Crippen LogP contribution in [0.2, 0.25) is 0 Å². The molecule has 0 aromatic heterocycles. The van der Waals surface area contributed by atoms with E-state index in [2.05, 4.69) is 0 Å². The quantitative estimate of drug-likeness (QED) is 0.663. The Morgan fingerprint density at radius 3 is 2.75 bits per heavy atom. The number of rotatable bonds is 1. The minimum atomic E-state index is -0.253. The molecule has 5 nitrogen and oxygen atoms in total. The molecular formula is C11H20N2O3. The van der Waals surface area contributed by atoms with E-state index in [-0.39, 0.29) is 23.5 Å². The highest BCUT2D eigenvalue weighted by molar-refractivity contribution is 5.80. The van der Waals surface area contributed by atoms with Gasteiger partial charge in [-0.2, -0.15) is 0 Å². The molecule has 0 spiro atoms. The number of morpholine rings is 1. The van der Waals surface area contributed by atoms with E-state index in [4.69, 9.17) is 15.2 Å². The Hall–Kier alpha value is -0.650. The van der Waals surface area contributed by atoms with Crippen molar-refractivity contribution in [2.75, 3.05) is 32.9 Å². The van der Waals surface area contributed by atoms with Crippen molar-refractivity contribution in [3.8, 4) is 0 Å². The summed E-state index contributed by atoms with van der Waals surface area (Å²) in [7, 11) is 0. The number of carbonyl (C=O) groups is 1. The number of carbonyl (C=O) groups excluding carboxylic acids is 1. The van der Waals surface area contributed by atoms with E-state index in [1.807, 2.05) is 18.7 Å². The summed E-state index contributed by atoms with van der Waals surface area (Å²) in [6, 6.07) is -0.154. The predicted octanol–water partition coefficient (Wildman–Crippen LogP) is -0.402. The van der Waals surface area contributed by atoms with Crippen LogP contribution in [0.1, 0.15) is 13.8 Å². The van der Waals surface area contributed by atoms with Crippen LogP contribution in [0, 0.1) is 5.92 Å². The molecule has 2 N–H and O–H groups in total. The first-order valence-corrected chi connectivity index (χ1v) is 5.76. The number of ether oxygens (including phenoxy) is 2. The monoisotopic (exact) mass is 228 g/mol. The van der Waals surface area contributed by atoms with Crippen LogP contribution >= 0.6 is 0 Å². The van der Waals surface area contributed by atoms with Gasteiger partial charge in [0.2, 0.25) is 5.91 Å². The van der Waals surface area contributed by atoms with Crippen LogP contribution in [0.25, 0.3) is 0 Å². The van der Waals surface area contributed by atoms with Crippen molar-refractivity contribution in [1.29, 1.82) is 0 Å². The highest BCUT2D eigenvalue weighted by Gasteiger charge is 2.37. The topological polar surface area (TPSA) is 64.8 Å². The lowest BCUT2D eigenvalue weighted by atomic mass is 10.0. The van der Waals surface area contributed by atoms with Gasteiger partial charge in [0.1, 0.15) is 0 Å². The van der Waals surface area contributed by atoms with Crippen LogP contribution in [0.3, 0.4) is 0 Å². The van der Waals surface area contributed by atoms with Crippen molar-refractivity contribution in [3.05, 3.63) is 0 Å². The van der Waals surface area contributed by atoms with Gasteiger partial charge in [-0.25, -0.2) is 0 Å². The highest BCUT2D eigenvalue weighted by atomic mass is 16.5. The van der Waals surface area contributed by atoms with Gasteiger partial charge in [0.15, 0.2) is 0 Å². The molecule has 2 saturated heterocycles. The molecule has 92 valence electrons. The molecule has 2 heterocycles. The Kier molecular flexibility index (Phi) is 3.19. The predicted molar refractivity (Wildman–Crippen MR) is 58.9 cm³/mol. The summed E-state index contributed by atoms with van der Waals surface area (Å²) < 4.78 is 10.8.